The lowest BCUT2D eigenvalue weighted by atomic mass is 9.75. The lowest BCUT2D eigenvalue weighted by Crippen LogP contribution is -2.55. The molecule has 1 N–H and O–H groups in total. The molecule has 11 nitrogen and oxygen atoms in total. The number of piperazine rings is 1. The van der Waals surface area contributed by atoms with E-state index in [0.717, 1.165) is 28.2 Å². The van der Waals surface area contributed by atoms with Crippen molar-refractivity contribution in [3.63, 3.8) is 0 Å². The molecule has 3 amide bonds. The summed E-state index contributed by atoms with van der Waals surface area (Å²) in [5.41, 5.74) is -0.921. The minimum absolute atomic E-state index is 0.00188. The van der Waals surface area contributed by atoms with Crippen LogP contribution in [-0.2, 0) is 38.2 Å². The van der Waals surface area contributed by atoms with Gasteiger partial charge in [-0.25, -0.2) is 4.39 Å². The van der Waals surface area contributed by atoms with E-state index >= 15 is 4.39 Å². The van der Waals surface area contributed by atoms with Gasteiger partial charge >= 0.3 is 6.18 Å². The van der Waals surface area contributed by atoms with Crippen LogP contribution in [0, 0.1) is 23.1 Å². The van der Waals surface area contributed by atoms with Crippen LogP contribution in [0.3, 0.4) is 0 Å². The van der Waals surface area contributed by atoms with Crippen LogP contribution in [0.2, 0.25) is 0 Å². The van der Waals surface area contributed by atoms with E-state index in [4.69, 9.17) is 17.0 Å². The molecule has 4 fully saturated rings. The molecule has 1 unspecified atom stereocenters. The monoisotopic (exact) mass is 804 g/mol. The zero-order valence-electron chi connectivity index (χ0n) is 30.9. The highest BCUT2D eigenvalue weighted by Crippen LogP contribution is 2.49. The Morgan fingerprint density at radius 3 is 2.35 bits per heavy atom. The van der Waals surface area contributed by atoms with E-state index in [2.05, 4.69) is 15.1 Å². The number of halogens is 4. The van der Waals surface area contributed by atoms with Crippen LogP contribution in [0.4, 0.5) is 28.9 Å². The highest BCUT2D eigenvalue weighted by Gasteiger charge is 2.59. The maximum atomic E-state index is 15.5. The van der Waals surface area contributed by atoms with Crippen LogP contribution in [0.15, 0.2) is 60.7 Å². The van der Waals surface area contributed by atoms with Gasteiger partial charge in [-0.15, -0.1) is 0 Å². The van der Waals surface area contributed by atoms with Crippen molar-refractivity contribution < 1.29 is 41.5 Å². The number of ether oxygens (including phenoxy) is 1. The third-order valence-electron chi connectivity index (χ3n) is 11.2. The number of ketones is 1. The fourth-order valence-electron chi connectivity index (χ4n) is 8.03. The summed E-state index contributed by atoms with van der Waals surface area (Å²) in [5, 5.41) is 11.5. The topological polar surface area (TPSA) is 126 Å². The van der Waals surface area contributed by atoms with E-state index in [1.165, 1.54) is 29.2 Å². The summed E-state index contributed by atoms with van der Waals surface area (Å²) in [6.45, 7) is 3.78. The summed E-state index contributed by atoms with van der Waals surface area (Å²) in [6.07, 6.45) is -1.74. The number of nitrogens with one attached hydrogen (secondary N) is 1. The van der Waals surface area contributed by atoms with Gasteiger partial charge in [-0.3, -0.25) is 39.2 Å². The first-order valence-corrected chi connectivity index (χ1v) is 19.3. The molecule has 0 aromatic heterocycles. The Labute approximate surface area is 332 Å². The summed E-state index contributed by atoms with van der Waals surface area (Å²) in [4.78, 5) is 57.2. The first-order chi connectivity index (χ1) is 27.3. The van der Waals surface area contributed by atoms with Crippen LogP contribution in [0.25, 0.3) is 0 Å². The predicted octanol–water partition coefficient (Wildman–Crippen LogP) is 5.18. The van der Waals surface area contributed by atoms with Crippen LogP contribution in [-0.4, -0.2) is 89.8 Å². The largest absolute Gasteiger partial charge is 0.489 e. The molecular weight excluding hydrogens is 765 g/mol. The number of Topliss-reactive ketones (excluding diaryl/α,β-unsaturated/α-hetero) is 1. The second kappa shape index (κ2) is 16.3. The van der Waals surface area contributed by atoms with E-state index < -0.39 is 34.6 Å². The van der Waals surface area contributed by atoms with E-state index in [1.807, 2.05) is 24.3 Å². The molecule has 1 saturated carbocycles. The Balaban J connectivity index is 0.894. The lowest BCUT2D eigenvalue weighted by Gasteiger charge is -2.43. The second-order valence-electron chi connectivity index (χ2n) is 15.0. The van der Waals surface area contributed by atoms with Crippen molar-refractivity contribution >= 4 is 52.2 Å². The van der Waals surface area contributed by atoms with Gasteiger partial charge in [0.05, 0.1) is 29.4 Å². The number of nitriles is 1. The van der Waals surface area contributed by atoms with E-state index in [-0.39, 0.29) is 58.8 Å². The molecule has 16 heteroatoms. The van der Waals surface area contributed by atoms with Crippen LogP contribution >= 0.6 is 12.2 Å². The van der Waals surface area contributed by atoms with Crippen LogP contribution < -0.4 is 19.9 Å². The number of carbonyl (C=O) groups excluding carboxylic acids is 4. The smallest absolute Gasteiger partial charge is 0.417 e. The average molecular weight is 805 g/mol. The SMILES string of the molecule is N#Cc1ccc(N2C(=O)C3(CCC3)N(c3ccc(OCCN4CCN(CC(=O)Cc5cccc(CC6CCC(=O)NC6=O)c5)CC4)c(F)c3)C2=S)cc1C(F)(F)F. The van der Waals surface area contributed by atoms with Crippen LogP contribution in [0.1, 0.15) is 54.4 Å². The van der Waals surface area contributed by atoms with E-state index in [0.29, 0.717) is 77.8 Å². The molecule has 3 aliphatic heterocycles. The molecule has 0 bridgehead atoms. The quantitative estimate of drug-likeness (QED) is 0.149. The zero-order valence-corrected chi connectivity index (χ0v) is 31.8. The maximum Gasteiger partial charge on any atom is 0.417 e. The number of anilines is 2. The maximum absolute atomic E-state index is 15.5. The molecule has 3 heterocycles. The third-order valence-corrected chi connectivity index (χ3v) is 11.6. The average Bonchev–Trinajstić information content (AvgIpc) is 3.40. The Bertz CT molecular complexity index is 2150. The number of amides is 3. The van der Waals surface area contributed by atoms with Gasteiger partial charge in [-0.2, -0.15) is 18.4 Å². The Hall–Kier alpha value is -5.24. The summed E-state index contributed by atoms with van der Waals surface area (Å²) in [5.74, 6) is -1.85. The van der Waals surface area contributed by atoms with Gasteiger partial charge < -0.3 is 9.64 Å². The van der Waals surface area contributed by atoms with Crippen molar-refractivity contribution in [1.82, 2.24) is 15.1 Å². The first kappa shape index (κ1) is 40.0. The van der Waals surface area contributed by atoms with E-state index in [9.17, 15) is 37.6 Å². The van der Waals surface area contributed by atoms with Crippen molar-refractivity contribution in [3.05, 3.63) is 88.7 Å². The number of carbonyl (C=O) groups is 4. The molecule has 298 valence electrons. The number of imide groups is 1. The van der Waals surface area contributed by atoms with Gasteiger partial charge in [0.1, 0.15) is 12.1 Å². The van der Waals surface area contributed by atoms with Crippen molar-refractivity contribution in [2.24, 2.45) is 5.92 Å². The first-order valence-electron chi connectivity index (χ1n) is 18.9. The number of piperidine rings is 1. The number of hydrogen-bond donors (Lipinski definition) is 1. The number of alkyl halides is 3. The molecule has 1 atom stereocenters. The normalized spacial score (nSPS) is 20.1. The fraction of sp³-hybridized carbons (Fsp3) is 0.415. The molecule has 1 spiro atoms. The molecule has 57 heavy (non-hydrogen) atoms. The summed E-state index contributed by atoms with van der Waals surface area (Å²) >= 11 is 5.65. The van der Waals surface area contributed by atoms with Gasteiger partial charge in [-0.1, -0.05) is 24.3 Å². The summed E-state index contributed by atoms with van der Waals surface area (Å²) in [6, 6.07) is 16.4. The van der Waals surface area contributed by atoms with Crippen LogP contribution in [0.5, 0.6) is 5.75 Å². The number of benzene rings is 3. The van der Waals surface area contributed by atoms with Gasteiger partial charge in [0.15, 0.2) is 22.5 Å². The Kier molecular flexibility index (Phi) is 11.4. The molecule has 4 aliphatic rings. The summed E-state index contributed by atoms with van der Waals surface area (Å²) in [7, 11) is 0. The highest BCUT2D eigenvalue weighted by molar-refractivity contribution is 7.81. The molecule has 0 radical (unpaired) electrons. The standard InChI is InChI=1S/C41H40F4N6O5S/c42-34-23-31(51-39(57)50(38(55)40(51)11-2-12-40)30-7-5-29(24-46)33(22-30)41(43,44)45)8-9-35(34)56-18-17-48-13-15-49(16-14-48)25-32(52)21-27-4-1-3-26(19-27)20-28-6-10-36(53)47-37(28)54/h1,3-5,7-9,19,22-23,28H,2,6,10-18,20-21,25H2,(H,47,53,54). The minimum atomic E-state index is -4.83. The van der Waals surface area contributed by atoms with Crippen molar-refractivity contribution in [3.8, 4) is 11.8 Å². The van der Waals surface area contributed by atoms with Gasteiger partial charge in [0.25, 0.3) is 5.91 Å². The van der Waals surface area contributed by atoms with Crippen molar-refractivity contribution in [1.29, 1.82) is 5.26 Å². The number of hydrogen-bond acceptors (Lipinski definition) is 9. The fourth-order valence-corrected chi connectivity index (χ4v) is 8.50. The number of nitrogens with zero attached hydrogens (tertiary/aromatic N) is 5. The minimum Gasteiger partial charge on any atom is -0.489 e. The van der Waals surface area contributed by atoms with E-state index in [1.54, 1.807) is 6.07 Å². The molecule has 3 aromatic carbocycles. The van der Waals surface area contributed by atoms with Crippen molar-refractivity contribution in [2.75, 3.05) is 55.7 Å². The second-order valence-corrected chi connectivity index (χ2v) is 15.3. The Morgan fingerprint density at radius 2 is 1.68 bits per heavy atom. The summed E-state index contributed by atoms with van der Waals surface area (Å²) < 4.78 is 62.6. The number of rotatable bonds is 12. The molecule has 7 rings (SSSR count). The molecule has 1 aliphatic carbocycles. The highest BCUT2D eigenvalue weighted by atomic mass is 32.1. The molecule has 3 saturated heterocycles. The molecular formula is C41H40F4N6O5S. The molecule has 3 aromatic rings. The number of thiocarbonyl (C=S) groups is 1. The Morgan fingerprint density at radius 1 is 0.965 bits per heavy atom. The van der Waals surface area contributed by atoms with Gasteiger partial charge in [-0.05, 0) is 85.8 Å². The van der Waals surface area contributed by atoms with Crippen molar-refractivity contribution in [2.45, 2.75) is 56.7 Å². The predicted molar refractivity (Wildman–Crippen MR) is 205 cm³/mol. The zero-order chi connectivity index (χ0) is 40.5. The van der Waals surface area contributed by atoms with Gasteiger partial charge in [0, 0.05) is 63.2 Å². The third kappa shape index (κ3) is 8.41. The van der Waals surface area contributed by atoms with Gasteiger partial charge in [0.2, 0.25) is 11.8 Å². The lowest BCUT2D eigenvalue weighted by molar-refractivity contribution is -0.138.